The first kappa shape index (κ1) is 16.4. The van der Waals surface area contributed by atoms with Crippen LogP contribution < -0.4 is 5.32 Å². The van der Waals surface area contributed by atoms with Crippen molar-refractivity contribution >= 4 is 32.1 Å². The SMILES string of the molecule is Cc1nc(CC(C)C)c(NC(=O)C2CCS(=O)(=O)CC2)s1. The third-order valence-corrected chi connectivity index (χ3v) is 6.21. The van der Waals surface area contributed by atoms with Crippen LogP contribution in [-0.4, -0.2) is 30.8 Å². The van der Waals surface area contributed by atoms with Crippen molar-refractivity contribution in [3.05, 3.63) is 10.7 Å². The summed E-state index contributed by atoms with van der Waals surface area (Å²) in [4.78, 5) is 16.8. The Hall–Kier alpha value is -0.950. The molecule has 1 aromatic rings. The molecule has 2 heterocycles. The Morgan fingerprint density at radius 1 is 1.38 bits per heavy atom. The van der Waals surface area contributed by atoms with E-state index in [4.69, 9.17) is 0 Å². The summed E-state index contributed by atoms with van der Waals surface area (Å²) in [7, 11) is -2.93. The molecule has 118 valence electrons. The smallest absolute Gasteiger partial charge is 0.228 e. The molecule has 1 aliphatic rings. The number of thiazole rings is 1. The Morgan fingerprint density at radius 3 is 2.57 bits per heavy atom. The summed E-state index contributed by atoms with van der Waals surface area (Å²) in [5.74, 6) is 0.431. The molecule has 0 radical (unpaired) electrons. The third-order valence-electron chi connectivity index (χ3n) is 3.57. The lowest BCUT2D eigenvalue weighted by Gasteiger charge is -2.21. The van der Waals surface area contributed by atoms with Crippen molar-refractivity contribution in [1.29, 1.82) is 0 Å². The molecule has 21 heavy (non-hydrogen) atoms. The maximum atomic E-state index is 12.3. The van der Waals surface area contributed by atoms with E-state index in [1.165, 1.54) is 11.3 Å². The average molecular weight is 330 g/mol. The van der Waals surface area contributed by atoms with Crippen molar-refractivity contribution in [2.24, 2.45) is 11.8 Å². The summed E-state index contributed by atoms with van der Waals surface area (Å²) in [5.41, 5.74) is 0.935. The fourth-order valence-corrected chi connectivity index (χ4v) is 4.80. The van der Waals surface area contributed by atoms with E-state index < -0.39 is 9.84 Å². The van der Waals surface area contributed by atoms with Gasteiger partial charge in [-0.1, -0.05) is 13.8 Å². The van der Waals surface area contributed by atoms with Gasteiger partial charge < -0.3 is 5.32 Å². The van der Waals surface area contributed by atoms with Gasteiger partial charge in [-0.15, -0.1) is 11.3 Å². The molecule has 0 aliphatic carbocycles. The number of hydrogen-bond donors (Lipinski definition) is 1. The number of nitrogens with one attached hydrogen (secondary N) is 1. The van der Waals surface area contributed by atoms with Crippen LogP contribution in [0.4, 0.5) is 5.00 Å². The van der Waals surface area contributed by atoms with E-state index in [1.807, 2.05) is 6.92 Å². The van der Waals surface area contributed by atoms with E-state index in [2.05, 4.69) is 24.1 Å². The minimum Gasteiger partial charge on any atom is -0.316 e. The molecule has 0 aromatic carbocycles. The minimum absolute atomic E-state index is 0.0708. The van der Waals surface area contributed by atoms with E-state index in [0.29, 0.717) is 18.8 Å². The van der Waals surface area contributed by atoms with Crippen LogP contribution in [0.1, 0.15) is 37.4 Å². The van der Waals surface area contributed by atoms with Gasteiger partial charge in [0, 0.05) is 5.92 Å². The van der Waals surface area contributed by atoms with Crippen LogP contribution in [0, 0.1) is 18.8 Å². The van der Waals surface area contributed by atoms with Gasteiger partial charge in [0.15, 0.2) is 0 Å². The second-order valence-electron chi connectivity index (χ2n) is 6.02. The number of carbonyl (C=O) groups is 1. The van der Waals surface area contributed by atoms with E-state index in [0.717, 1.165) is 22.1 Å². The predicted molar refractivity (Wildman–Crippen MR) is 85.4 cm³/mol. The lowest BCUT2D eigenvalue weighted by molar-refractivity contribution is -0.120. The fourth-order valence-electron chi connectivity index (χ4n) is 2.46. The summed E-state index contributed by atoms with van der Waals surface area (Å²) < 4.78 is 22.8. The zero-order chi connectivity index (χ0) is 15.6. The first-order valence-electron chi connectivity index (χ1n) is 7.24. The van der Waals surface area contributed by atoms with Gasteiger partial charge in [-0.05, 0) is 32.1 Å². The van der Waals surface area contributed by atoms with Gasteiger partial charge in [-0.2, -0.15) is 0 Å². The highest BCUT2D eigenvalue weighted by Crippen LogP contribution is 2.28. The van der Waals surface area contributed by atoms with Crippen LogP contribution in [-0.2, 0) is 21.1 Å². The van der Waals surface area contributed by atoms with Crippen molar-refractivity contribution in [2.45, 2.75) is 40.0 Å². The monoisotopic (exact) mass is 330 g/mol. The molecular weight excluding hydrogens is 308 g/mol. The Bertz CT molecular complexity index is 606. The maximum Gasteiger partial charge on any atom is 0.228 e. The molecular formula is C14H22N2O3S2. The molecule has 1 aromatic heterocycles. The molecule has 0 saturated carbocycles. The molecule has 5 nitrogen and oxygen atoms in total. The van der Waals surface area contributed by atoms with Gasteiger partial charge in [0.2, 0.25) is 5.91 Å². The molecule has 1 saturated heterocycles. The second-order valence-corrected chi connectivity index (χ2v) is 9.53. The molecule has 1 aliphatic heterocycles. The van der Waals surface area contributed by atoms with E-state index in [-0.39, 0.29) is 23.3 Å². The highest BCUT2D eigenvalue weighted by atomic mass is 32.2. The highest BCUT2D eigenvalue weighted by molar-refractivity contribution is 7.91. The van der Waals surface area contributed by atoms with Crippen molar-refractivity contribution in [3.63, 3.8) is 0 Å². The van der Waals surface area contributed by atoms with E-state index in [9.17, 15) is 13.2 Å². The quantitative estimate of drug-likeness (QED) is 0.920. The summed E-state index contributed by atoms with van der Waals surface area (Å²) >= 11 is 1.49. The van der Waals surface area contributed by atoms with Gasteiger partial charge in [0.1, 0.15) is 14.8 Å². The lowest BCUT2D eigenvalue weighted by Crippen LogP contribution is -2.31. The van der Waals surface area contributed by atoms with Crippen LogP contribution in [0.5, 0.6) is 0 Å². The lowest BCUT2D eigenvalue weighted by atomic mass is 10.0. The average Bonchev–Trinajstić information content (AvgIpc) is 2.68. The topological polar surface area (TPSA) is 76.1 Å². The molecule has 7 heteroatoms. The summed E-state index contributed by atoms with van der Waals surface area (Å²) in [6.07, 6.45) is 1.68. The standard InChI is InChI=1S/C14H22N2O3S2/c1-9(2)8-12-14(20-10(3)15-12)16-13(17)11-4-6-21(18,19)7-5-11/h9,11H,4-8H2,1-3H3,(H,16,17). The Labute approximate surface area is 130 Å². The van der Waals surface area contributed by atoms with Gasteiger partial charge in [-0.25, -0.2) is 13.4 Å². The van der Waals surface area contributed by atoms with Crippen LogP contribution in [0.15, 0.2) is 0 Å². The van der Waals surface area contributed by atoms with Crippen LogP contribution in [0.2, 0.25) is 0 Å². The van der Waals surface area contributed by atoms with Crippen molar-refractivity contribution < 1.29 is 13.2 Å². The first-order chi connectivity index (χ1) is 9.77. The number of rotatable bonds is 4. The number of nitrogens with zero attached hydrogens (tertiary/aromatic N) is 1. The Balaban J connectivity index is 2.03. The zero-order valence-corrected chi connectivity index (χ0v) is 14.3. The molecule has 1 fully saturated rings. The van der Waals surface area contributed by atoms with Crippen molar-refractivity contribution in [2.75, 3.05) is 16.8 Å². The normalized spacial score (nSPS) is 18.9. The number of carbonyl (C=O) groups excluding carboxylic acids is 1. The third kappa shape index (κ3) is 4.51. The van der Waals surface area contributed by atoms with Gasteiger partial charge in [-0.3, -0.25) is 4.79 Å². The molecule has 1 N–H and O–H groups in total. The van der Waals surface area contributed by atoms with Gasteiger partial charge in [0.05, 0.1) is 22.2 Å². The number of aryl methyl sites for hydroxylation is 1. The highest BCUT2D eigenvalue weighted by Gasteiger charge is 2.29. The predicted octanol–water partition coefficient (Wildman–Crippen LogP) is 2.41. The number of amides is 1. The number of aromatic nitrogens is 1. The fraction of sp³-hybridized carbons (Fsp3) is 0.714. The van der Waals surface area contributed by atoms with Crippen molar-refractivity contribution in [3.8, 4) is 0 Å². The van der Waals surface area contributed by atoms with E-state index in [1.54, 1.807) is 0 Å². The second kappa shape index (κ2) is 6.44. The van der Waals surface area contributed by atoms with Gasteiger partial charge in [0.25, 0.3) is 0 Å². The van der Waals surface area contributed by atoms with Crippen LogP contribution >= 0.6 is 11.3 Å². The summed E-state index contributed by atoms with van der Waals surface area (Å²) in [6.45, 7) is 6.16. The minimum atomic E-state index is -2.93. The van der Waals surface area contributed by atoms with Gasteiger partial charge >= 0.3 is 0 Å². The maximum absolute atomic E-state index is 12.3. The summed E-state index contributed by atoms with van der Waals surface area (Å²) in [5, 5.41) is 4.71. The van der Waals surface area contributed by atoms with Crippen molar-refractivity contribution in [1.82, 2.24) is 4.98 Å². The molecule has 0 unspecified atom stereocenters. The van der Waals surface area contributed by atoms with Crippen LogP contribution in [0.25, 0.3) is 0 Å². The molecule has 0 bridgehead atoms. The zero-order valence-electron chi connectivity index (χ0n) is 12.7. The molecule has 0 spiro atoms. The number of sulfone groups is 1. The number of anilines is 1. The molecule has 1 amide bonds. The summed E-state index contributed by atoms with van der Waals surface area (Å²) in [6, 6.07) is 0. The van der Waals surface area contributed by atoms with Crippen LogP contribution in [0.3, 0.4) is 0 Å². The number of hydrogen-bond acceptors (Lipinski definition) is 5. The Kier molecular flexibility index (Phi) is 5.03. The molecule has 0 atom stereocenters. The first-order valence-corrected chi connectivity index (χ1v) is 9.88. The Morgan fingerprint density at radius 2 is 2.00 bits per heavy atom. The van der Waals surface area contributed by atoms with E-state index >= 15 is 0 Å². The largest absolute Gasteiger partial charge is 0.316 e. The molecule has 2 rings (SSSR count).